The minimum atomic E-state index is -0.699. The van der Waals surface area contributed by atoms with Crippen LogP contribution in [-0.4, -0.2) is 54.2 Å². The number of hydrogen-bond acceptors (Lipinski definition) is 4. The van der Waals surface area contributed by atoms with E-state index in [1.165, 1.54) is 0 Å². The SMILES string of the molecule is CC(C)C(C)(O)CN1CCCC(C(=O)NCCN)C1. The molecule has 0 bridgehead atoms. The van der Waals surface area contributed by atoms with Gasteiger partial charge in [0.2, 0.25) is 5.91 Å². The smallest absolute Gasteiger partial charge is 0.224 e. The number of nitrogens with zero attached hydrogens (tertiary/aromatic N) is 1. The molecule has 1 amide bonds. The van der Waals surface area contributed by atoms with Crippen LogP contribution in [0.1, 0.15) is 33.6 Å². The molecule has 0 spiro atoms. The molecule has 1 saturated heterocycles. The van der Waals surface area contributed by atoms with Crippen molar-refractivity contribution in [1.82, 2.24) is 10.2 Å². The summed E-state index contributed by atoms with van der Waals surface area (Å²) in [5.41, 5.74) is 4.69. The van der Waals surface area contributed by atoms with Crippen LogP contribution in [0.15, 0.2) is 0 Å². The van der Waals surface area contributed by atoms with Crippen LogP contribution in [0.5, 0.6) is 0 Å². The quantitative estimate of drug-likeness (QED) is 0.644. The second-order valence-electron chi connectivity index (χ2n) is 6.17. The third-order valence-electron chi connectivity index (χ3n) is 4.11. The zero-order valence-electron chi connectivity index (χ0n) is 12.5. The molecule has 1 heterocycles. The van der Waals surface area contributed by atoms with E-state index in [9.17, 15) is 9.90 Å². The Balaban J connectivity index is 2.48. The Bertz CT molecular complexity index is 292. The Labute approximate surface area is 116 Å². The lowest BCUT2D eigenvalue weighted by Crippen LogP contribution is -2.50. The van der Waals surface area contributed by atoms with E-state index in [-0.39, 0.29) is 17.7 Å². The molecular formula is C14H29N3O2. The number of amides is 1. The van der Waals surface area contributed by atoms with Crippen LogP contribution in [0.3, 0.4) is 0 Å². The van der Waals surface area contributed by atoms with Gasteiger partial charge in [-0.1, -0.05) is 13.8 Å². The van der Waals surface area contributed by atoms with Crippen molar-refractivity contribution in [3.05, 3.63) is 0 Å². The van der Waals surface area contributed by atoms with Crippen LogP contribution in [0, 0.1) is 11.8 Å². The molecule has 0 saturated carbocycles. The summed E-state index contributed by atoms with van der Waals surface area (Å²) in [7, 11) is 0. The molecule has 5 nitrogen and oxygen atoms in total. The molecule has 2 atom stereocenters. The predicted octanol–water partition coefficient (Wildman–Crippen LogP) is 0.180. The summed E-state index contributed by atoms with van der Waals surface area (Å²) in [6, 6.07) is 0. The van der Waals surface area contributed by atoms with E-state index in [4.69, 9.17) is 5.73 Å². The molecule has 1 rings (SSSR count). The molecule has 0 aliphatic carbocycles. The van der Waals surface area contributed by atoms with Crippen LogP contribution in [0.25, 0.3) is 0 Å². The molecule has 1 fully saturated rings. The van der Waals surface area contributed by atoms with E-state index in [1.54, 1.807) is 0 Å². The van der Waals surface area contributed by atoms with Gasteiger partial charge in [0.15, 0.2) is 0 Å². The van der Waals surface area contributed by atoms with Crippen molar-refractivity contribution in [3.63, 3.8) is 0 Å². The van der Waals surface area contributed by atoms with Crippen molar-refractivity contribution in [3.8, 4) is 0 Å². The number of likely N-dealkylation sites (tertiary alicyclic amines) is 1. The van der Waals surface area contributed by atoms with Crippen molar-refractivity contribution < 1.29 is 9.90 Å². The number of rotatable bonds is 6. The summed E-state index contributed by atoms with van der Waals surface area (Å²) in [6.45, 7) is 9.26. The maximum atomic E-state index is 11.9. The monoisotopic (exact) mass is 271 g/mol. The summed E-state index contributed by atoms with van der Waals surface area (Å²) in [5, 5.41) is 13.2. The second-order valence-corrected chi connectivity index (χ2v) is 6.17. The zero-order chi connectivity index (χ0) is 14.5. The lowest BCUT2D eigenvalue weighted by molar-refractivity contribution is -0.127. The Morgan fingerprint density at radius 1 is 1.58 bits per heavy atom. The first-order valence-corrected chi connectivity index (χ1v) is 7.29. The van der Waals surface area contributed by atoms with Gasteiger partial charge in [0.05, 0.1) is 11.5 Å². The summed E-state index contributed by atoms with van der Waals surface area (Å²) in [5.74, 6) is 0.335. The van der Waals surface area contributed by atoms with Crippen LogP contribution in [0.2, 0.25) is 0 Å². The number of nitrogens with one attached hydrogen (secondary N) is 1. The van der Waals surface area contributed by atoms with Crippen LogP contribution in [-0.2, 0) is 4.79 Å². The molecule has 19 heavy (non-hydrogen) atoms. The molecule has 0 aromatic carbocycles. The van der Waals surface area contributed by atoms with Gasteiger partial charge in [-0.25, -0.2) is 0 Å². The molecular weight excluding hydrogens is 242 g/mol. The maximum absolute atomic E-state index is 11.9. The summed E-state index contributed by atoms with van der Waals surface area (Å²) in [4.78, 5) is 14.2. The van der Waals surface area contributed by atoms with Crippen molar-refractivity contribution >= 4 is 5.91 Å². The summed E-state index contributed by atoms with van der Waals surface area (Å²) >= 11 is 0. The molecule has 0 radical (unpaired) electrons. The van der Waals surface area contributed by atoms with Crippen molar-refractivity contribution in [2.75, 3.05) is 32.7 Å². The summed E-state index contributed by atoms with van der Waals surface area (Å²) in [6.07, 6.45) is 1.94. The van der Waals surface area contributed by atoms with Gasteiger partial charge in [0.25, 0.3) is 0 Å². The summed E-state index contributed by atoms with van der Waals surface area (Å²) < 4.78 is 0. The predicted molar refractivity (Wildman–Crippen MR) is 76.7 cm³/mol. The molecule has 112 valence electrons. The molecule has 0 aromatic heterocycles. The average molecular weight is 271 g/mol. The molecule has 5 heteroatoms. The molecule has 1 aliphatic heterocycles. The third kappa shape index (κ3) is 5.09. The Morgan fingerprint density at radius 2 is 2.26 bits per heavy atom. The zero-order valence-corrected chi connectivity index (χ0v) is 12.5. The second kappa shape index (κ2) is 7.22. The fraction of sp³-hybridized carbons (Fsp3) is 0.929. The van der Waals surface area contributed by atoms with E-state index in [1.807, 2.05) is 20.8 Å². The van der Waals surface area contributed by atoms with E-state index in [0.29, 0.717) is 19.6 Å². The first-order valence-electron chi connectivity index (χ1n) is 7.29. The van der Waals surface area contributed by atoms with Gasteiger partial charge >= 0.3 is 0 Å². The minimum Gasteiger partial charge on any atom is -0.389 e. The fourth-order valence-corrected chi connectivity index (χ4v) is 2.39. The molecule has 1 aliphatic rings. The fourth-order valence-electron chi connectivity index (χ4n) is 2.39. The highest BCUT2D eigenvalue weighted by atomic mass is 16.3. The maximum Gasteiger partial charge on any atom is 0.224 e. The number of β-amino-alcohol motifs (C(OH)–C–C–N with tert-alkyl or cyclic N) is 1. The normalized spacial score (nSPS) is 24.2. The van der Waals surface area contributed by atoms with Crippen LogP contribution in [0.4, 0.5) is 0 Å². The standard InChI is InChI=1S/C14H29N3O2/c1-11(2)14(3,19)10-17-8-4-5-12(9-17)13(18)16-7-6-15/h11-12,19H,4-10,15H2,1-3H3,(H,16,18). The van der Waals surface area contributed by atoms with E-state index in [2.05, 4.69) is 10.2 Å². The van der Waals surface area contributed by atoms with Gasteiger partial charge in [-0.05, 0) is 32.2 Å². The number of aliphatic hydroxyl groups is 1. The number of hydrogen-bond donors (Lipinski definition) is 3. The highest BCUT2D eigenvalue weighted by molar-refractivity contribution is 5.78. The van der Waals surface area contributed by atoms with Gasteiger partial charge in [-0.15, -0.1) is 0 Å². The number of nitrogens with two attached hydrogens (primary N) is 1. The Morgan fingerprint density at radius 3 is 2.84 bits per heavy atom. The lowest BCUT2D eigenvalue weighted by atomic mass is 9.90. The van der Waals surface area contributed by atoms with Gasteiger partial charge in [-0.3, -0.25) is 9.69 Å². The Hall–Kier alpha value is -0.650. The van der Waals surface area contributed by atoms with Gasteiger partial charge in [-0.2, -0.15) is 0 Å². The van der Waals surface area contributed by atoms with Gasteiger partial charge < -0.3 is 16.2 Å². The molecule has 2 unspecified atom stereocenters. The first-order chi connectivity index (χ1) is 8.86. The van der Waals surface area contributed by atoms with E-state index >= 15 is 0 Å². The van der Waals surface area contributed by atoms with Gasteiger partial charge in [0, 0.05) is 26.2 Å². The Kier molecular flexibility index (Phi) is 6.23. The van der Waals surface area contributed by atoms with Gasteiger partial charge in [0.1, 0.15) is 0 Å². The van der Waals surface area contributed by atoms with Crippen LogP contribution >= 0.6 is 0 Å². The molecule has 0 aromatic rings. The molecule has 4 N–H and O–H groups in total. The highest BCUT2D eigenvalue weighted by Crippen LogP contribution is 2.22. The van der Waals surface area contributed by atoms with Crippen molar-refractivity contribution in [2.45, 2.75) is 39.2 Å². The number of carbonyl (C=O) groups is 1. The number of carbonyl (C=O) groups excluding carboxylic acids is 1. The number of piperidine rings is 1. The largest absolute Gasteiger partial charge is 0.389 e. The van der Waals surface area contributed by atoms with E-state index < -0.39 is 5.60 Å². The third-order valence-corrected chi connectivity index (χ3v) is 4.11. The topological polar surface area (TPSA) is 78.6 Å². The van der Waals surface area contributed by atoms with Crippen LogP contribution < -0.4 is 11.1 Å². The van der Waals surface area contributed by atoms with Crippen molar-refractivity contribution in [2.24, 2.45) is 17.6 Å². The average Bonchev–Trinajstić information content (AvgIpc) is 2.35. The minimum absolute atomic E-state index is 0.0308. The van der Waals surface area contributed by atoms with Crippen molar-refractivity contribution in [1.29, 1.82) is 0 Å². The van der Waals surface area contributed by atoms with E-state index in [0.717, 1.165) is 25.9 Å². The first kappa shape index (κ1) is 16.4. The lowest BCUT2D eigenvalue weighted by Gasteiger charge is -2.38. The highest BCUT2D eigenvalue weighted by Gasteiger charge is 2.32.